The van der Waals surface area contributed by atoms with Crippen molar-refractivity contribution in [3.8, 4) is 11.8 Å². The third kappa shape index (κ3) is 1.87. The molecule has 1 aromatic carbocycles. The van der Waals surface area contributed by atoms with Gasteiger partial charge in [0.25, 0.3) is 5.56 Å². The van der Waals surface area contributed by atoms with E-state index in [2.05, 4.69) is 21.8 Å². The van der Waals surface area contributed by atoms with E-state index < -0.39 is 11.2 Å². The number of hydrogen-bond donors (Lipinski definition) is 3. The molecule has 1 heterocycles. The van der Waals surface area contributed by atoms with Gasteiger partial charge in [-0.1, -0.05) is 11.8 Å². The van der Waals surface area contributed by atoms with Gasteiger partial charge in [-0.2, -0.15) is 0 Å². The lowest BCUT2D eigenvalue weighted by Crippen LogP contribution is -2.21. The number of nitrogens with two attached hydrogens (primary N) is 1. The van der Waals surface area contributed by atoms with Crippen LogP contribution in [0.2, 0.25) is 0 Å². The third-order valence-electron chi connectivity index (χ3n) is 2.07. The molecule has 2 rings (SSSR count). The standard InChI is InChI=1S/C11H9N3O2/c12-5-1-2-7-3-4-9-8(6-7)10(15)14-11(16)13-9/h3-4,6H,5,12H2,(H2,13,14,15,16). The number of aromatic nitrogens is 2. The molecule has 0 fully saturated rings. The normalized spacial score (nSPS) is 9.81. The Morgan fingerprint density at radius 2 is 2.06 bits per heavy atom. The van der Waals surface area contributed by atoms with E-state index in [0.29, 0.717) is 16.5 Å². The molecule has 0 aliphatic carbocycles. The molecule has 0 unspecified atom stereocenters. The van der Waals surface area contributed by atoms with Crippen molar-refractivity contribution in [2.75, 3.05) is 6.54 Å². The van der Waals surface area contributed by atoms with Crippen LogP contribution in [-0.4, -0.2) is 16.5 Å². The number of benzene rings is 1. The van der Waals surface area contributed by atoms with Crippen LogP contribution in [0.5, 0.6) is 0 Å². The lowest BCUT2D eigenvalue weighted by Gasteiger charge is -1.96. The maximum absolute atomic E-state index is 11.5. The van der Waals surface area contributed by atoms with Crippen LogP contribution in [0, 0.1) is 11.8 Å². The highest BCUT2D eigenvalue weighted by Gasteiger charge is 2.00. The van der Waals surface area contributed by atoms with Crippen molar-refractivity contribution in [3.05, 3.63) is 44.6 Å². The van der Waals surface area contributed by atoms with E-state index in [1.807, 2.05) is 0 Å². The summed E-state index contributed by atoms with van der Waals surface area (Å²) < 4.78 is 0. The molecule has 2 aromatic rings. The van der Waals surface area contributed by atoms with Gasteiger partial charge in [0.1, 0.15) is 0 Å². The van der Waals surface area contributed by atoms with E-state index in [1.54, 1.807) is 18.2 Å². The molecule has 0 bridgehead atoms. The Labute approximate surface area is 90.3 Å². The summed E-state index contributed by atoms with van der Waals surface area (Å²) in [7, 11) is 0. The van der Waals surface area contributed by atoms with Crippen LogP contribution in [0.25, 0.3) is 10.9 Å². The molecule has 0 aliphatic rings. The van der Waals surface area contributed by atoms with E-state index in [1.165, 1.54) is 0 Å². The van der Waals surface area contributed by atoms with Crippen molar-refractivity contribution in [3.63, 3.8) is 0 Å². The molecule has 0 radical (unpaired) electrons. The highest BCUT2D eigenvalue weighted by atomic mass is 16.2. The Kier molecular flexibility index (Phi) is 2.58. The van der Waals surface area contributed by atoms with Crippen molar-refractivity contribution in [2.45, 2.75) is 0 Å². The third-order valence-corrected chi connectivity index (χ3v) is 2.07. The van der Waals surface area contributed by atoms with E-state index >= 15 is 0 Å². The van der Waals surface area contributed by atoms with E-state index in [4.69, 9.17) is 5.73 Å². The maximum atomic E-state index is 11.5. The van der Waals surface area contributed by atoms with Crippen molar-refractivity contribution in [2.24, 2.45) is 5.73 Å². The lowest BCUT2D eigenvalue weighted by molar-refractivity contribution is 1.08. The molecule has 4 N–H and O–H groups in total. The summed E-state index contributed by atoms with van der Waals surface area (Å²) in [5.74, 6) is 5.51. The van der Waals surface area contributed by atoms with Crippen molar-refractivity contribution in [1.82, 2.24) is 9.97 Å². The number of hydrogen-bond acceptors (Lipinski definition) is 3. The molecular weight excluding hydrogens is 206 g/mol. The highest BCUT2D eigenvalue weighted by molar-refractivity contribution is 5.78. The lowest BCUT2D eigenvalue weighted by atomic mass is 10.1. The van der Waals surface area contributed by atoms with E-state index in [-0.39, 0.29) is 6.54 Å². The molecule has 0 saturated carbocycles. The van der Waals surface area contributed by atoms with Crippen molar-refractivity contribution in [1.29, 1.82) is 0 Å². The maximum Gasteiger partial charge on any atom is 0.326 e. The molecule has 5 nitrogen and oxygen atoms in total. The Morgan fingerprint density at radius 3 is 2.81 bits per heavy atom. The SMILES string of the molecule is NCC#Cc1ccc2[nH]c(=O)[nH]c(=O)c2c1. The van der Waals surface area contributed by atoms with Gasteiger partial charge in [0.2, 0.25) is 0 Å². The monoisotopic (exact) mass is 215 g/mol. The second-order valence-electron chi connectivity index (χ2n) is 3.17. The Balaban J connectivity index is 2.71. The average molecular weight is 215 g/mol. The first-order chi connectivity index (χ1) is 7.70. The van der Waals surface area contributed by atoms with Crippen LogP contribution in [0.1, 0.15) is 5.56 Å². The average Bonchev–Trinajstić information content (AvgIpc) is 2.26. The van der Waals surface area contributed by atoms with Crippen molar-refractivity contribution < 1.29 is 0 Å². The first-order valence-corrected chi connectivity index (χ1v) is 4.66. The van der Waals surface area contributed by atoms with Gasteiger partial charge in [0, 0.05) is 5.56 Å². The van der Waals surface area contributed by atoms with Crippen LogP contribution < -0.4 is 17.0 Å². The number of nitrogens with one attached hydrogen (secondary N) is 2. The van der Waals surface area contributed by atoms with Gasteiger partial charge >= 0.3 is 5.69 Å². The summed E-state index contributed by atoms with van der Waals surface area (Å²) in [6, 6.07) is 4.99. The predicted molar refractivity (Wildman–Crippen MR) is 61.1 cm³/mol. The van der Waals surface area contributed by atoms with Gasteiger partial charge in [0.05, 0.1) is 17.4 Å². The molecule has 0 atom stereocenters. The van der Waals surface area contributed by atoms with E-state index in [9.17, 15) is 9.59 Å². The van der Waals surface area contributed by atoms with Crippen LogP contribution in [0.15, 0.2) is 27.8 Å². The summed E-state index contributed by atoms with van der Waals surface area (Å²) in [6.07, 6.45) is 0. The molecule has 0 amide bonds. The van der Waals surface area contributed by atoms with Gasteiger partial charge in [-0.3, -0.25) is 9.78 Å². The number of rotatable bonds is 0. The topological polar surface area (TPSA) is 91.7 Å². The smallest absolute Gasteiger partial charge is 0.320 e. The highest BCUT2D eigenvalue weighted by Crippen LogP contribution is 2.07. The largest absolute Gasteiger partial charge is 0.326 e. The number of H-pyrrole nitrogens is 2. The number of aromatic amines is 2. The second-order valence-corrected chi connectivity index (χ2v) is 3.17. The fourth-order valence-corrected chi connectivity index (χ4v) is 1.40. The van der Waals surface area contributed by atoms with Crippen LogP contribution in [-0.2, 0) is 0 Å². The fraction of sp³-hybridized carbons (Fsp3) is 0.0909. The van der Waals surface area contributed by atoms with Gasteiger partial charge in [-0.05, 0) is 18.2 Å². The summed E-state index contributed by atoms with van der Waals surface area (Å²) in [6.45, 7) is 0.264. The van der Waals surface area contributed by atoms with Gasteiger partial charge < -0.3 is 10.7 Å². The molecular formula is C11H9N3O2. The first-order valence-electron chi connectivity index (χ1n) is 4.66. The predicted octanol–water partition coefficient (Wildman–Crippen LogP) is -0.473. The molecule has 0 saturated heterocycles. The summed E-state index contributed by atoms with van der Waals surface area (Å²) in [5.41, 5.74) is 5.50. The minimum atomic E-state index is -0.515. The van der Waals surface area contributed by atoms with Crippen LogP contribution in [0.4, 0.5) is 0 Å². The Morgan fingerprint density at radius 1 is 1.25 bits per heavy atom. The Hall–Kier alpha value is -2.32. The quantitative estimate of drug-likeness (QED) is 0.518. The zero-order valence-electron chi connectivity index (χ0n) is 8.33. The molecule has 0 aliphatic heterocycles. The van der Waals surface area contributed by atoms with Gasteiger partial charge in [-0.25, -0.2) is 4.79 Å². The summed E-state index contributed by atoms with van der Waals surface area (Å²) >= 11 is 0. The van der Waals surface area contributed by atoms with Crippen LogP contribution >= 0.6 is 0 Å². The Bertz CT molecular complexity index is 701. The molecule has 80 valence electrons. The van der Waals surface area contributed by atoms with Crippen LogP contribution in [0.3, 0.4) is 0 Å². The first kappa shape index (κ1) is 10.2. The zero-order chi connectivity index (χ0) is 11.5. The summed E-state index contributed by atoms with van der Waals surface area (Å²) in [5, 5.41) is 0.406. The van der Waals surface area contributed by atoms with Crippen molar-refractivity contribution >= 4 is 10.9 Å². The molecule has 5 heteroatoms. The molecule has 0 spiro atoms. The molecule has 1 aromatic heterocycles. The molecule has 16 heavy (non-hydrogen) atoms. The van der Waals surface area contributed by atoms with Gasteiger partial charge in [-0.15, -0.1) is 0 Å². The zero-order valence-corrected chi connectivity index (χ0v) is 8.33. The minimum absolute atomic E-state index is 0.264. The number of fused-ring (bicyclic) bond motifs is 1. The fourth-order valence-electron chi connectivity index (χ4n) is 1.40. The summed E-state index contributed by atoms with van der Waals surface area (Å²) in [4.78, 5) is 27.2. The van der Waals surface area contributed by atoms with Gasteiger partial charge in [0.15, 0.2) is 0 Å². The minimum Gasteiger partial charge on any atom is -0.320 e. The van der Waals surface area contributed by atoms with E-state index in [0.717, 1.165) is 0 Å². The second kappa shape index (κ2) is 4.04.